The van der Waals surface area contributed by atoms with Crippen LogP contribution in [0.2, 0.25) is 0 Å². The van der Waals surface area contributed by atoms with Gasteiger partial charge < -0.3 is 34.1 Å². The van der Waals surface area contributed by atoms with Gasteiger partial charge in [0.2, 0.25) is 22.3 Å². The number of para-hydroxylation sites is 2. The van der Waals surface area contributed by atoms with Gasteiger partial charge >= 0.3 is 49.4 Å². The number of aromatic nitrogens is 2. The molecule has 0 aliphatic carbocycles. The third-order valence-corrected chi connectivity index (χ3v) is 9.41. The first-order valence-electron chi connectivity index (χ1n) is 17.1. The predicted octanol–water partition coefficient (Wildman–Crippen LogP) is 0.241. The van der Waals surface area contributed by atoms with E-state index in [2.05, 4.69) is 19.8 Å². The molecular weight excluding hydrogens is 836 g/mol. The maximum Gasteiger partial charge on any atom is 3.00 e. The van der Waals surface area contributed by atoms with Crippen LogP contribution in [-0.2, 0) is 22.7 Å². The van der Waals surface area contributed by atoms with Crippen molar-refractivity contribution < 1.29 is 83.5 Å². The number of carbonyl (C=O) groups excluding carboxylic acids is 2. The van der Waals surface area contributed by atoms with Crippen molar-refractivity contribution in [3.63, 3.8) is 0 Å². The first kappa shape index (κ1) is 41.2. The maximum atomic E-state index is 13.0. The molecule has 0 bridgehead atoms. The van der Waals surface area contributed by atoms with E-state index in [0.717, 1.165) is 0 Å². The van der Waals surface area contributed by atoms with Gasteiger partial charge in [0.15, 0.2) is 0 Å². The number of carboxylic acids is 2. The van der Waals surface area contributed by atoms with Gasteiger partial charge in [-0.15, -0.1) is 0 Å². The summed E-state index contributed by atoms with van der Waals surface area (Å²) in [5.41, 5.74) is 2.30. The summed E-state index contributed by atoms with van der Waals surface area (Å²) in [6, 6.07) is 20.9. The van der Waals surface area contributed by atoms with Gasteiger partial charge in [-0.05, 0) is 48.5 Å². The molecule has 7 rings (SSSR count). The largest absolute Gasteiger partial charge is 3.00 e. The van der Waals surface area contributed by atoms with E-state index in [1.165, 1.54) is 0 Å². The molecular formula is C38H37EuN6O9. The minimum Gasteiger partial charge on any atom is -0.870 e. The molecule has 15 nitrogen and oxygen atoms in total. The van der Waals surface area contributed by atoms with Gasteiger partial charge in [-0.2, -0.15) is 0 Å². The van der Waals surface area contributed by atoms with Gasteiger partial charge in [-0.1, -0.05) is 24.3 Å². The fourth-order valence-corrected chi connectivity index (χ4v) is 6.65. The van der Waals surface area contributed by atoms with Crippen molar-refractivity contribution in [3.8, 4) is 0 Å². The standard InChI is InChI=1S/C38H38N6O8.Eu.H2O/c45-33(46)23-43-17-13-41(21-25-9-11-29-35(49)27-5-1-3-7-31(27)51-37(29)39-25)14-18-44(24-34(47)48)20-16-42(15-19-43)22-26-10-12-30-36(50)28-6-2-4-8-32(28)52-38(30)40-26;;/h1-12H,13-24H2,(H,45,46)(H,47,48);;1H2/q;+3;/p-3. The molecule has 1 N–H and O–H groups in total. The SMILES string of the molecule is O=C([O-])CN1CCN(Cc2ccc3c(=O)c4ccccc4oc3n2)CCN(CC(=O)[O-])CCN(Cc2ccc3c(=O)c4ccccc4oc3n2)CC1.[Eu+3].[OH-]. The normalized spacial score (nSPS) is 15.7. The second-order valence-electron chi connectivity index (χ2n) is 13.0. The van der Waals surface area contributed by atoms with E-state index < -0.39 is 11.9 Å². The van der Waals surface area contributed by atoms with Crippen LogP contribution < -0.4 is 21.1 Å². The Morgan fingerprint density at radius 2 is 0.889 bits per heavy atom. The summed E-state index contributed by atoms with van der Waals surface area (Å²) < 4.78 is 11.9. The molecule has 5 heterocycles. The molecule has 4 aromatic heterocycles. The van der Waals surface area contributed by atoms with E-state index in [-0.39, 0.29) is 90.2 Å². The van der Waals surface area contributed by atoms with Gasteiger partial charge in [0, 0.05) is 78.5 Å². The van der Waals surface area contributed by atoms with Gasteiger partial charge in [0.05, 0.1) is 44.9 Å². The van der Waals surface area contributed by atoms with Crippen LogP contribution in [0.15, 0.2) is 91.2 Å². The summed E-state index contributed by atoms with van der Waals surface area (Å²) in [6.45, 7) is 3.55. The first-order chi connectivity index (χ1) is 25.2. The number of nitrogens with zero attached hydrogens (tertiary/aromatic N) is 6. The van der Waals surface area contributed by atoms with E-state index >= 15 is 0 Å². The van der Waals surface area contributed by atoms with Crippen LogP contribution in [0.25, 0.3) is 44.1 Å². The number of carbonyl (C=O) groups is 2. The van der Waals surface area contributed by atoms with Gasteiger partial charge in [-0.3, -0.25) is 29.2 Å². The van der Waals surface area contributed by atoms with Crippen LogP contribution in [0.5, 0.6) is 0 Å². The number of hydrogen-bond acceptors (Lipinski definition) is 15. The molecule has 1 aliphatic rings. The van der Waals surface area contributed by atoms with Crippen LogP contribution in [0, 0.1) is 49.4 Å². The molecule has 2 aromatic carbocycles. The summed E-state index contributed by atoms with van der Waals surface area (Å²) in [4.78, 5) is 66.7. The molecule has 0 saturated carbocycles. The van der Waals surface area contributed by atoms with Crippen molar-refractivity contribution in [2.75, 3.05) is 65.4 Å². The molecule has 16 heteroatoms. The minimum absolute atomic E-state index is 0. The molecule has 0 radical (unpaired) electrons. The van der Waals surface area contributed by atoms with Crippen LogP contribution in [0.1, 0.15) is 11.4 Å². The topological polar surface area (TPSA) is 209 Å². The third kappa shape index (κ3) is 9.81. The average Bonchev–Trinajstić information content (AvgIpc) is 3.12. The number of carboxylic acid groups (broad SMARTS) is 2. The second kappa shape index (κ2) is 18.6. The van der Waals surface area contributed by atoms with E-state index in [1.54, 1.807) is 72.8 Å². The first-order valence-corrected chi connectivity index (χ1v) is 17.1. The number of hydrogen-bond donors (Lipinski definition) is 0. The Balaban J connectivity index is 0.00000280. The summed E-state index contributed by atoms with van der Waals surface area (Å²) in [5, 5.41) is 25.3. The Morgan fingerprint density at radius 3 is 1.26 bits per heavy atom. The fraction of sp³-hybridized carbons (Fsp3) is 0.316. The molecule has 1 fully saturated rings. The summed E-state index contributed by atoms with van der Waals surface area (Å²) in [7, 11) is 0. The van der Waals surface area contributed by atoms with Gasteiger partial charge in [-0.25, -0.2) is 9.97 Å². The summed E-state index contributed by atoms with van der Waals surface area (Å²) >= 11 is 0. The quantitative estimate of drug-likeness (QED) is 0.188. The molecule has 1 aliphatic heterocycles. The number of pyridine rings is 2. The Labute approximate surface area is 349 Å². The Hall–Kier alpha value is -4.00. The summed E-state index contributed by atoms with van der Waals surface area (Å²) in [5.74, 6) is -2.38. The fourth-order valence-electron chi connectivity index (χ4n) is 6.65. The van der Waals surface area contributed by atoms with E-state index in [9.17, 15) is 29.4 Å². The van der Waals surface area contributed by atoms with Gasteiger partial charge in [0.25, 0.3) is 0 Å². The van der Waals surface area contributed by atoms with Crippen molar-refractivity contribution >= 4 is 56.1 Å². The third-order valence-electron chi connectivity index (χ3n) is 9.41. The number of fused-ring (bicyclic) bond motifs is 4. The van der Waals surface area contributed by atoms with Crippen LogP contribution in [-0.4, -0.2) is 112 Å². The van der Waals surface area contributed by atoms with E-state index in [0.29, 0.717) is 110 Å². The Morgan fingerprint density at radius 1 is 0.537 bits per heavy atom. The molecule has 54 heavy (non-hydrogen) atoms. The molecule has 1 saturated heterocycles. The predicted molar refractivity (Wildman–Crippen MR) is 191 cm³/mol. The maximum absolute atomic E-state index is 13.0. The van der Waals surface area contributed by atoms with E-state index in [4.69, 9.17) is 8.83 Å². The minimum atomic E-state index is -1.19. The Kier molecular flexibility index (Phi) is 14.2. The Bertz CT molecular complexity index is 2220. The molecule has 0 unspecified atom stereocenters. The zero-order chi connectivity index (χ0) is 36.2. The van der Waals surface area contributed by atoms with Gasteiger partial charge in [0.1, 0.15) is 11.2 Å². The molecule has 280 valence electrons. The zero-order valence-corrected chi connectivity index (χ0v) is 31.6. The molecule has 0 amide bonds. The molecule has 0 atom stereocenters. The van der Waals surface area contributed by atoms with Crippen molar-refractivity contribution in [2.24, 2.45) is 0 Å². The number of rotatable bonds is 8. The second-order valence-corrected chi connectivity index (χ2v) is 13.0. The van der Waals surface area contributed by atoms with Crippen molar-refractivity contribution in [1.82, 2.24) is 29.6 Å². The number of benzene rings is 2. The van der Waals surface area contributed by atoms with Crippen molar-refractivity contribution in [1.29, 1.82) is 0 Å². The van der Waals surface area contributed by atoms with Crippen molar-refractivity contribution in [3.05, 3.63) is 105 Å². The van der Waals surface area contributed by atoms with Crippen LogP contribution >= 0.6 is 0 Å². The monoisotopic (exact) mass is 874 g/mol. The molecule has 6 aromatic rings. The van der Waals surface area contributed by atoms with Crippen molar-refractivity contribution in [2.45, 2.75) is 13.1 Å². The smallest absolute Gasteiger partial charge is 0.870 e. The summed E-state index contributed by atoms with van der Waals surface area (Å²) in [6.07, 6.45) is 0. The average molecular weight is 874 g/mol. The van der Waals surface area contributed by atoms with E-state index in [1.807, 2.05) is 9.80 Å². The number of aliphatic carboxylic acids is 2. The van der Waals surface area contributed by atoms with Crippen LogP contribution in [0.4, 0.5) is 0 Å². The molecule has 0 spiro atoms. The van der Waals surface area contributed by atoms with Crippen LogP contribution in [0.3, 0.4) is 0 Å². The zero-order valence-electron chi connectivity index (χ0n) is 29.2.